The van der Waals surface area contributed by atoms with Gasteiger partial charge in [-0.2, -0.15) is 4.58 Å². The summed E-state index contributed by atoms with van der Waals surface area (Å²) in [7, 11) is 0. The van der Waals surface area contributed by atoms with Crippen LogP contribution in [0, 0.1) is 20.2 Å². The van der Waals surface area contributed by atoms with Crippen LogP contribution in [0.15, 0.2) is 82.4 Å². The Morgan fingerprint density at radius 3 is 2.10 bits per heavy atom. The minimum absolute atomic E-state index is 0.0401. The molecule has 0 aliphatic carbocycles. The van der Waals surface area contributed by atoms with Crippen molar-refractivity contribution in [3.8, 4) is 0 Å². The van der Waals surface area contributed by atoms with E-state index < -0.39 is 26.6 Å². The molecule has 2 heterocycles. The molecule has 1 aliphatic rings. The predicted octanol–water partition coefficient (Wildman–Crippen LogP) is 3.47. The van der Waals surface area contributed by atoms with Crippen LogP contribution in [0.3, 0.4) is 0 Å². The third-order valence-corrected chi connectivity index (χ3v) is 7.63. The minimum Gasteiger partial charge on any atom is -0.355 e. The molecule has 0 spiro atoms. The van der Waals surface area contributed by atoms with Gasteiger partial charge < -0.3 is 4.98 Å². The summed E-state index contributed by atoms with van der Waals surface area (Å²) in [4.78, 5) is 51.2. The average molecular weight is 548 g/mol. The molecule has 0 atom stereocenters. The Balaban J connectivity index is 1.51. The highest BCUT2D eigenvalue weighted by atomic mass is 16.6. The Morgan fingerprint density at radius 2 is 1.44 bits per heavy atom. The third kappa shape index (κ3) is 4.26. The van der Waals surface area contributed by atoms with Crippen LogP contribution in [-0.4, -0.2) is 25.1 Å². The van der Waals surface area contributed by atoms with Crippen molar-refractivity contribution in [1.29, 1.82) is 0 Å². The van der Waals surface area contributed by atoms with E-state index in [-0.39, 0.29) is 27.8 Å². The second-order valence-corrected chi connectivity index (χ2v) is 10.6. The SMILES string of the molecule is CC1(C)C(C=c2c(=O)c(=Cc3cc4ccccc4[nH]3)c2=O)=[N+](Cc2cc([N+](=O)[O-])cc([N+](=O)[O-])c2)c2ccccc21. The number of nitrogens with zero attached hydrogens (tertiary/aromatic N) is 3. The lowest BCUT2D eigenvalue weighted by Gasteiger charge is -2.15. The van der Waals surface area contributed by atoms with Gasteiger partial charge in [-0.05, 0) is 37.4 Å². The molecule has 0 saturated carbocycles. The van der Waals surface area contributed by atoms with Crippen molar-refractivity contribution in [2.45, 2.75) is 25.8 Å². The van der Waals surface area contributed by atoms with Crippen LogP contribution in [0.4, 0.5) is 17.1 Å². The maximum atomic E-state index is 13.2. The summed E-state index contributed by atoms with van der Waals surface area (Å²) in [5, 5.41) is 24.0. The van der Waals surface area contributed by atoms with Gasteiger partial charge in [-0.25, -0.2) is 0 Å². The van der Waals surface area contributed by atoms with Gasteiger partial charge in [0.25, 0.3) is 11.4 Å². The zero-order valence-corrected chi connectivity index (χ0v) is 22.1. The summed E-state index contributed by atoms with van der Waals surface area (Å²) in [6.07, 6.45) is 3.14. The first-order chi connectivity index (χ1) is 19.5. The van der Waals surface area contributed by atoms with Gasteiger partial charge in [0, 0.05) is 46.6 Å². The van der Waals surface area contributed by atoms with E-state index >= 15 is 0 Å². The van der Waals surface area contributed by atoms with E-state index in [1.807, 2.05) is 73.0 Å². The van der Waals surface area contributed by atoms with E-state index in [1.165, 1.54) is 12.1 Å². The Kier molecular flexibility index (Phi) is 5.84. The number of nitro benzene ring substituents is 2. The number of hydrogen-bond donors (Lipinski definition) is 1. The molecule has 5 aromatic rings. The molecule has 1 N–H and O–H groups in total. The number of fused-ring (bicyclic) bond motifs is 2. The summed E-state index contributed by atoms with van der Waals surface area (Å²) < 4.78 is 1.85. The molecular formula is C31H23N4O6+. The van der Waals surface area contributed by atoms with Crippen molar-refractivity contribution in [2.75, 3.05) is 0 Å². The summed E-state index contributed by atoms with van der Waals surface area (Å²) in [5.74, 6) is 0. The van der Waals surface area contributed by atoms with Crippen molar-refractivity contribution in [1.82, 2.24) is 4.98 Å². The maximum Gasteiger partial charge on any atom is 0.276 e. The number of non-ortho nitro benzene ring substituents is 2. The molecule has 41 heavy (non-hydrogen) atoms. The fourth-order valence-corrected chi connectivity index (χ4v) is 5.57. The zero-order chi connectivity index (χ0) is 29.1. The molecule has 0 unspecified atom stereocenters. The zero-order valence-electron chi connectivity index (χ0n) is 22.1. The number of nitrogens with one attached hydrogen (secondary N) is 1. The molecule has 0 saturated heterocycles. The van der Waals surface area contributed by atoms with E-state index in [1.54, 1.807) is 12.2 Å². The number of para-hydroxylation sites is 2. The molecule has 1 aliphatic heterocycles. The van der Waals surface area contributed by atoms with Crippen LogP contribution in [0.1, 0.15) is 30.7 Å². The molecule has 0 amide bonds. The Labute approximate surface area is 231 Å². The van der Waals surface area contributed by atoms with Gasteiger partial charge in [-0.15, -0.1) is 0 Å². The Morgan fingerprint density at radius 1 is 0.829 bits per heavy atom. The van der Waals surface area contributed by atoms with Crippen LogP contribution in [0.25, 0.3) is 23.1 Å². The number of aromatic amines is 1. The highest BCUT2D eigenvalue weighted by molar-refractivity contribution is 6.15. The smallest absolute Gasteiger partial charge is 0.276 e. The van der Waals surface area contributed by atoms with Crippen molar-refractivity contribution in [2.24, 2.45) is 0 Å². The quantitative estimate of drug-likeness (QED) is 0.196. The van der Waals surface area contributed by atoms with Gasteiger partial charge in [-0.3, -0.25) is 29.8 Å². The van der Waals surface area contributed by atoms with Crippen molar-refractivity contribution < 1.29 is 14.4 Å². The lowest BCUT2D eigenvalue weighted by molar-refractivity contribution is -0.454. The molecular weight excluding hydrogens is 524 g/mol. The molecule has 4 aromatic carbocycles. The number of hydrogen-bond acceptors (Lipinski definition) is 6. The van der Waals surface area contributed by atoms with Crippen LogP contribution in [-0.2, 0) is 12.0 Å². The molecule has 1 aromatic heterocycles. The first-order valence-electron chi connectivity index (χ1n) is 12.8. The largest absolute Gasteiger partial charge is 0.355 e. The maximum absolute atomic E-state index is 13.2. The summed E-state index contributed by atoms with van der Waals surface area (Å²) >= 11 is 0. The molecule has 0 fully saturated rings. The average Bonchev–Trinajstić information content (AvgIpc) is 3.46. The van der Waals surface area contributed by atoms with E-state index in [2.05, 4.69) is 4.98 Å². The van der Waals surface area contributed by atoms with E-state index in [0.29, 0.717) is 17.0 Å². The number of rotatable bonds is 6. The first-order valence-corrected chi connectivity index (χ1v) is 12.8. The van der Waals surface area contributed by atoms with Crippen molar-refractivity contribution in [3.05, 3.63) is 141 Å². The van der Waals surface area contributed by atoms with Crippen molar-refractivity contribution >= 4 is 45.8 Å². The number of H-pyrrole nitrogens is 1. The monoisotopic (exact) mass is 547 g/mol. The fourth-order valence-electron chi connectivity index (χ4n) is 5.57. The number of aromatic nitrogens is 1. The number of nitro groups is 2. The summed E-state index contributed by atoms with van der Waals surface area (Å²) in [6.45, 7) is 3.98. The van der Waals surface area contributed by atoms with Crippen LogP contribution in [0.5, 0.6) is 0 Å². The van der Waals surface area contributed by atoms with Gasteiger partial charge in [0.2, 0.25) is 16.5 Å². The van der Waals surface area contributed by atoms with Gasteiger partial charge in [0.1, 0.15) is 0 Å². The second kappa shape index (κ2) is 9.30. The predicted molar refractivity (Wildman–Crippen MR) is 155 cm³/mol. The fraction of sp³-hybridized carbons (Fsp3) is 0.129. The van der Waals surface area contributed by atoms with Gasteiger partial charge >= 0.3 is 0 Å². The summed E-state index contributed by atoms with van der Waals surface area (Å²) in [5.41, 5.74) is 2.07. The summed E-state index contributed by atoms with van der Waals surface area (Å²) in [6, 6.07) is 20.6. The van der Waals surface area contributed by atoms with Crippen LogP contribution >= 0.6 is 0 Å². The van der Waals surface area contributed by atoms with Gasteiger partial charge in [0.15, 0.2) is 12.3 Å². The third-order valence-electron chi connectivity index (χ3n) is 7.63. The lowest BCUT2D eigenvalue weighted by atomic mass is 9.81. The first kappa shape index (κ1) is 25.8. The normalized spacial score (nSPS) is 13.9. The Bertz CT molecular complexity index is 2070. The Hall–Kier alpha value is -5.51. The highest BCUT2D eigenvalue weighted by Crippen LogP contribution is 2.40. The molecule has 202 valence electrons. The van der Waals surface area contributed by atoms with E-state index in [4.69, 9.17) is 0 Å². The second-order valence-electron chi connectivity index (χ2n) is 10.6. The highest BCUT2D eigenvalue weighted by Gasteiger charge is 2.44. The van der Waals surface area contributed by atoms with Crippen LogP contribution < -0.4 is 21.3 Å². The molecule has 0 bridgehead atoms. The lowest BCUT2D eigenvalue weighted by Crippen LogP contribution is -2.65. The van der Waals surface area contributed by atoms with E-state index in [9.17, 15) is 29.8 Å². The van der Waals surface area contributed by atoms with Gasteiger partial charge in [-0.1, -0.05) is 36.4 Å². The standard InChI is InChI=1S/C31H22N4O6/c1-31(2)25-8-4-6-10-27(25)33(17-18-11-21(34(38)39)15-22(12-18)35(40)41)28(31)16-24-29(36)23(30(24)37)14-20-13-19-7-3-5-9-26(19)32-20/h3-16H,17H2,1-2H3/p+1. The molecule has 0 radical (unpaired) electrons. The number of benzene rings is 3. The van der Waals surface area contributed by atoms with E-state index in [0.717, 1.165) is 28.2 Å². The van der Waals surface area contributed by atoms with Crippen LogP contribution in [0.2, 0.25) is 0 Å². The minimum atomic E-state index is -0.669. The molecule has 10 heteroatoms. The topological polar surface area (TPSA) is 139 Å². The molecule has 10 nitrogen and oxygen atoms in total. The van der Waals surface area contributed by atoms with Gasteiger partial charge in [0.05, 0.1) is 31.8 Å². The molecule has 6 rings (SSSR count). The van der Waals surface area contributed by atoms with Crippen molar-refractivity contribution in [3.63, 3.8) is 0 Å².